The molecule has 0 saturated heterocycles. The molecule has 4 aliphatic carbocycles. The number of hydrogen-bond donors (Lipinski definition) is 1. The molecule has 0 spiro atoms. The number of hydrogen-bond acceptors (Lipinski definition) is 5. The van der Waals surface area contributed by atoms with Gasteiger partial charge in [0, 0.05) is 20.5 Å². The lowest BCUT2D eigenvalue weighted by Gasteiger charge is -2.65. The van der Waals surface area contributed by atoms with Gasteiger partial charge in [0.2, 0.25) is 0 Å². The van der Waals surface area contributed by atoms with Crippen molar-refractivity contribution in [3.05, 3.63) is 11.6 Å². The van der Waals surface area contributed by atoms with Crippen molar-refractivity contribution in [3.63, 3.8) is 0 Å². The largest absolute Gasteiger partial charge is 0.463 e. The minimum Gasteiger partial charge on any atom is -0.463 e. The van der Waals surface area contributed by atoms with Gasteiger partial charge in [0.15, 0.2) is 5.78 Å². The van der Waals surface area contributed by atoms with Crippen LogP contribution in [-0.2, 0) is 19.1 Å². The number of allylic oxidation sites excluding steroid dienone is 2. The lowest BCUT2D eigenvalue weighted by molar-refractivity contribution is -0.272. The Kier molecular flexibility index (Phi) is 5.22. The van der Waals surface area contributed by atoms with Crippen LogP contribution in [0.1, 0.15) is 78.6 Å². The molecule has 5 nitrogen and oxygen atoms in total. The summed E-state index contributed by atoms with van der Waals surface area (Å²) in [6.07, 6.45) is 9.17. The van der Waals surface area contributed by atoms with Gasteiger partial charge in [-0.1, -0.05) is 12.5 Å². The van der Waals surface area contributed by atoms with E-state index in [2.05, 4.69) is 6.92 Å². The number of ketones is 1. The Labute approximate surface area is 174 Å². The molecule has 0 heterocycles. The fourth-order valence-electron chi connectivity index (χ4n) is 7.57. The van der Waals surface area contributed by atoms with Gasteiger partial charge in [0.1, 0.15) is 6.10 Å². The third kappa shape index (κ3) is 3.11. The van der Waals surface area contributed by atoms with E-state index in [0.29, 0.717) is 31.1 Å². The first-order valence-electron chi connectivity index (χ1n) is 11.3. The molecule has 0 aliphatic heterocycles. The van der Waals surface area contributed by atoms with Crippen LogP contribution >= 0.6 is 0 Å². The quantitative estimate of drug-likeness (QED) is 0.721. The van der Waals surface area contributed by atoms with Gasteiger partial charge in [0.05, 0.1) is 11.2 Å². The zero-order valence-electron chi connectivity index (χ0n) is 18.3. The molecular weight excluding hydrogens is 368 g/mol. The van der Waals surface area contributed by atoms with Crippen LogP contribution in [0.15, 0.2) is 11.6 Å². The van der Waals surface area contributed by atoms with E-state index >= 15 is 0 Å². The molecule has 5 heteroatoms. The molecule has 29 heavy (non-hydrogen) atoms. The zero-order valence-corrected chi connectivity index (χ0v) is 18.3. The van der Waals surface area contributed by atoms with Crippen molar-refractivity contribution in [1.82, 2.24) is 0 Å². The van der Waals surface area contributed by atoms with Crippen molar-refractivity contribution in [2.24, 2.45) is 23.2 Å². The minimum atomic E-state index is -0.887. The predicted molar refractivity (Wildman–Crippen MR) is 109 cm³/mol. The molecule has 3 fully saturated rings. The first-order chi connectivity index (χ1) is 13.6. The topological polar surface area (TPSA) is 72.8 Å². The molecule has 0 radical (unpaired) electrons. The average molecular weight is 405 g/mol. The van der Waals surface area contributed by atoms with Crippen LogP contribution in [-0.4, -0.2) is 41.3 Å². The second kappa shape index (κ2) is 7.19. The first kappa shape index (κ1) is 21.0. The van der Waals surface area contributed by atoms with E-state index in [0.717, 1.165) is 38.5 Å². The maximum Gasteiger partial charge on any atom is 0.302 e. The Morgan fingerprint density at radius 3 is 2.62 bits per heavy atom. The SMILES string of the molecule is CO[C@@]12CC[C@H](C(C)OC(C)=O)C[C@@]1(O)CC[C@H]1[C@H]2CCC2=CC(=O)CC[C@@]21C. The highest BCUT2D eigenvalue weighted by atomic mass is 16.5. The number of methoxy groups -OCH3 is 1. The lowest BCUT2D eigenvalue weighted by Crippen LogP contribution is -2.69. The van der Waals surface area contributed by atoms with Gasteiger partial charge < -0.3 is 14.6 Å². The number of ether oxygens (including phenoxy) is 2. The van der Waals surface area contributed by atoms with Crippen LogP contribution in [0, 0.1) is 23.2 Å². The third-order valence-electron chi connectivity index (χ3n) is 9.11. The Morgan fingerprint density at radius 1 is 1.17 bits per heavy atom. The molecule has 0 aromatic rings. The Morgan fingerprint density at radius 2 is 1.93 bits per heavy atom. The average Bonchev–Trinajstić information content (AvgIpc) is 2.66. The van der Waals surface area contributed by atoms with Crippen molar-refractivity contribution in [3.8, 4) is 0 Å². The maximum atomic E-state index is 12.0. The van der Waals surface area contributed by atoms with Crippen molar-refractivity contribution < 1.29 is 24.2 Å². The summed E-state index contributed by atoms with van der Waals surface area (Å²) in [4.78, 5) is 23.4. The van der Waals surface area contributed by atoms with E-state index in [1.165, 1.54) is 12.5 Å². The number of rotatable bonds is 3. The number of fused-ring (bicyclic) bond motifs is 5. The van der Waals surface area contributed by atoms with E-state index in [-0.39, 0.29) is 29.2 Å². The summed E-state index contributed by atoms with van der Waals surface area (Å²) < 4.78 is 11.7. The van der Waals surface area contributed by atoms with Crippen molar-refractivity contribution in [2.75, 3.05) is 7.11 Å². The van der Waals surface area contributed by atoms with Crippen LogP contribution in [0.2, 0.25) is 0 Å². The van der Waals surface area contributed by atoms with Gasteiger partial charge in [-0.15, -0.1) is 0 Å². The molecule has 1 unspecified atom stereocenters. The van der Waals surface area contributed by atoms with E-state index in [4.69, 9.17) is 9.47 Å². The molecule has 1 N–H and O–H groups in total. The van der Waals surface area contributed by atoms with Crippen LogP contribution < -0.4 is 0 Å². The van der Waals surface area contributed by atoms with Gasteiger partial charge in [-0.2, -0.15) is 0 Å². The van der Waals surface area contributed by atoms with E-state index < -0.39 is 11.2 Å². The fourth-order valence-corrected chi connectivity index (χ4v) is 7.57. The van der Waals surface area contributed by atoms with E-state index in [9.17, 15) is 14.7 Å². The van der Waals surface area contributed by atoms with Crippen LogP contribution in [0.5, 0.6) is 0 Å². The van der Waals surface area contributed by atoms with Gasteiger partial charge in [-0.3, -0.25) is 9.59 Å². The van der Waals surface area contributed by atoms with Crippen molar-refractivity contribution in [1.29, 1.82) is 0 Å². The zero-order chi connectivity index (χ0) is 21.0. The molecular formula is C24H36O5. The molecule has 3 saturated carbocycles. The van der Waals surface area contributed by atoms with Gasteiger partial charge in [0.25, 0.3) is 0 Å². The van der Waals surface area contributed by atoms with Crippen LogP contribution in [0.3, 0.4) is 0 Å². The molecule has 0 amide bonds. The van der Waals surface area contributed by atoms with Gasteiger partial charge in [-0.25, -0.2) is 0 Å². The van der Waals surface area contributed by atoms with Crippen LogP contribution in [0.4, 0.5) is 0 Å². The molecule has 4 aliphatic rings. The lowest BCUT2D eigenvalue weighted by atomic mass is 9.44. The summed E-state index contributed by atoms with van der Waals surface area (Å²) in [5, 5.41) is 11.9. The van der Waals surface area contributed by atoms with Gasteiger partial charge in [-0.05, 0) is 87.5 Å². The van der Waals surface area contributed by atoms with Crippen LogP contribution in [0.25, 0.3) is 0 Å². The van der Waals surface area contributed by atoms with Crippen molar-refractivity contribution in [2.45, 2.75) is 95.9 Å². The number of aliphatic hydroxyl groups is 1. The van der Waals surface area contributed by atoms with E-state index in [1.807, 2.05) is 13.0 Å². The second-order valence-electron chi connectivity index (χ2n) is 10.3. The van der Waals surface area contributed by atoms with Crippen molar-refractivity contribution >= 4 is 11.8 Å². The smallest absolute Gasteiger partial charge is 0.302 e. The molecule has 162 valence electrons. The molecule has 0 bridgehead atoms. The maximum absolute atomic E-state index is 12.0. The minimum absolute atomic E-state index is 0.0472. The summed E-state index contributed by atoms with van der Waals surface area (Å²) in [5.74, 6) is 0.906. The predicted octanol–water partition coefficient (Wildman–Crippen LogP) is 3.97. The number of carbonyl (C=O) groups is 2. The highest BCUT2D eigenvalue weighted by molar-refractivity contribution is 5.91. The summed E-state index contributed by atoms with van der Waals surface area (Å²) in [6.45, 7) is 5.73. The molecule has 7 atom stereocenters. The number of carbonyl (C=O) groups excluding carboxylic acids is 2. The normalized spacial score (nSPS) is 45.3. The summed E-state index contributed by atoms with van der Waals surface area (Å²) in [6, 6.07) is 0. The summed E-state index contributed by atoms with van der Waals surface area (Å²) >= 11 is 0. The highest BCUT2D eigenvalue weighted by Crippen LogP contribution is 2.65. The summed E-state index contributed by atoms with van der Waals surface area (Å²) in [5.41, 5.74) is -0.0597. The first-order valence-corrected chi connectivity index (χ1v) is 11.3. The van der Waals surface area contributed by atoms with Gasteiger partial charge >= 0.3 is 5.97 Å². The fraction of sp³-hybridized carbons (Fsp3) is 0.833. The van der Waals surface area contributed by atoms with E-state index in [1.54, 1.807) is 7.11 Å². The number of esters is 1. The molecule has 0 aromatic carbocycles. The third-order valence-corrected chi connectivity index (χ3v) is 9.11. The molecule has 4 rings (SSSR count). The summed E-state index contributed by atoms with van der Waals surface area (Å²) in [7, 11) is 1.77. The second-order valence-corrected chi connectivity index (χ2v) is 10.3. The standard InChI is InChI=1S/C24H36O5/c1-15(29-16(2)25)17-7-12-24(28-4)21-6-5-18-13-19(26)8-10-22(18,3)20(21)9-11-23(24,27)14-17/h13,15,17,20-21,27H,5-12,14H2,1-4H3/t15?,17-,20-,21+,22-,23-,24+/m0/s1. The highest BCUT2D eigenvalue weighted by Gasteiger charge is 2.66. The molecule has 0 aromatic heterocycles. The Balaban J connectivity index is 1.63. The Bertz CT molecular complexity index is 729. The monoisotopic (exact) mass is 404 g/mol. The Hall–Kier alpha value is -1.20.